The third-order valence-electron chi connectivity index (χ3n) is 3.31. The van der Waals surface area contributed by atoms with E-state index < -0.39 is 0 Å². The molecule has 0 saturated carbocycles. The molecule has 1 heterocycles. The van der Waals surface area contributed by atoms with Crippen molar-refractivity contribution < 1.29 is 4.79 Å². The van der Waals surface area contributed by atoms with Crippen LogP contribution in [-0.4, -0.2) is 22.7 Å². The van der Waals surface area contributed by atoms with Gasteiger partial charge in [0, 0.05) is 12.1 Å². The molecule has 1 rings (SSSR count). The highest BCUT2D eigenvalue weighted by Crippen LogP contribution is 2.26. The number of nitrogen functional groups attached to an aromatic ring is 2. The quantitative estimate of drug-likeness (QED) is 0.628. The van der Waals surface area contributed by atoms with Gasteiger partial charge in [0.25, 0.3) is 0 Å². The van der Waals surface area contributed by atoms with Crippen LogP contribution in [0.25, 0.3) is 0 Å². The van der Waals surface area contributed by atoms with Crippen LogP contribution in [0.5, 0.6) is 0 Å². The average Bonchev–Trinajstić information content (AvgIpc) is 2.44. The lowest BCUT2D eigenvalue weighted by atomic mass is 10.0. The molecule has 0 fully saturated rings. The van der Waals surface area contributed by atoms with Crippen LogP contribution in [0.4, 0.5) is 11.5 Å². The van der Waals surface area contributed by atoms with Gasteiger partial charge < -0.3 is 16.8 Å². The Hall–Kier alpha value is -1.94. The topological polar surface area (TPSA) is 118 Å². The van der Waals surface area contributed by atoms with Crippen molar-refractivity contribution in [3.8, 4) is 6.07 Å². The van der Waals surface area contributed by atoms with Gasteiger partial charge in [0.1, 0.15) is 22.5 Å². The first-order valence-electron chi connectivity index (χ1n) is 7.71. The number of hydrogen-bond donors (Lipinski definition) is 3. The predicted molar refractivity (Wildman–Crippen MR) is 94.8 cm³/mol. The Morgan fingerprint density at radius 1 is 1.39 bits per heavy atom. The summed E-state index contributed by atoms with van der Waals surface area (Å²) in [5, 5.41) is 12.5. The maximum atomic E-state index is 12.0. The summed E-state index contributed by atoms with van der Waals surface area (Å²) in [6.07, 6.45) is 3.21. The first-order chi connectivity index (χ1) is 10.8. The van der Waals surface area contributed by atoms with Crippen LogP contribution in [0.15, 0.2) is 11.1 Å². The Morgan fingerprint density at radius 2 is 2.09 bits per heavy atom. The van der Waals surface area contributed by atoms with Gasteiger partial charge in [-0.3, -0.25) is 4.79 Å². The van der Waals surface area contributed by atoms with E-state index in [1.54, 1.807) is 0 Å². The number of amides is 1. The molecule has 1 unspecified atom stereocenters. The summed E-state index contributed by atoms with van der Waals surface area (Å²) in [7, 11) is 0. The second-order valence-corrected chi connectivity index (χ2v) is 6.97. The minimum atomic E-state index is -0.0845. The van der Waals surface area contributed by atoms with Crippen LogP contribution >= 0.6 is 11.8 Å². The van der Waals surface area contributed by atoms with Gasteiger partial charge in [0.2, 0.25) is 5.91 Å². The van der Waals surface area contributed by atoms with Gasteiger partial charge in [-0.15, -0.1) is 0 Å². The summed E-state index contributed by atoms with van der Waals surface area (Å²) >= 11 is 1.17. The van der Waals surface area contributed by atoms with E-state index in [2.05, 4.69) is 24.1 Å². The molecule has 0 spiro atoms. The highest BCUT2D eigenvalue weighted by Gasteiger charge is 2.13. The van der Waals surface area contributed by atoms with Gasteiger partial charge in [-0.1, -0.05) is 38.5 Å². The Bertz CT molecular complexity index is 583. The molecule has 126 valence electrons. The zero-order valence-corrected chi connectivity index (χ0v) is 14.7. The molecule has 0 aliphatic carbocycles. The molecule has 0 bridgehead atoms. The molecule has 23 heavy (non-hydrogen) atoms. The number of rotatable bonds is 8. The minimum Gasteiger partial charge on any atom is -0.397 e. The molecule has 5 N–H and O–H groups in total. The van der Waals surface area contributed by atoms with Gasteiger partial charge in [0.15, 0.2) is 0 Å². The summed E-state index contributed by atoms with van der Waals surface area (Å²) in [6, 6.07) is 3.58. The molecule has 0 aromatic carbocycles. The van der Waals surface area contributed by atoms with Crippen molar-refractivity contribution in [1.29, 1.82) is 5.26 Å². The van der Waals surface area contributed by atoms with E-state index in [0.717, 1.165) is 19.3 Å². The van der Waals surface area contributed by atoms with E-state index in [0.29, 0.717) is 10.9 Å². The van der Waals surface area contributed by atoms with E-state index in [4.69, 9.17) is 16.7 Å². The van der Waals surface area contributed by atoms with Crippen LogP contribution in [-0.2, 0) is 4.79 Å². The van der Waals surface area contributed by atoms with Gasteiger partial charge in [0.05, 0.1) is 11.4 Å². The Morgan fingerprint density at radius 3 is 2.70 bits per heavy atom. The van der Waals surface area contributed by atoms with Gasteiger partial charge >= 0.3 is 0 Å². The van der Waals surface area contributed by atoms with Gasteiger partial charge in [-0.05, 0) is 19.3 Å². The first-order valence-corrected chi connectivity index (χ1v) is 8.70. The molecule has 1 aromatic heterocycles. The summed E-state index contributed by atoms with van der Waals surface area (Å²) in [5.41, 5.74) is 11.9. The van der Waals surface area contributed by atoms with Crippen LogP contribution in [0.3, 0.4) is 0 Å². The smallest absolute Gasteiger partial charge is 0.230 e. The van der Waals surface area contributed by atoms with E-state index in [-0.39, 0.29) is 34.8 Å². The number of aromatic nitrogens is 1. The minimum absolute atomic E-state index is 0.0845. The molecule has 1 aromatic rings. The van der Waals surface area contributed by atoms with E-state index in [1.165, 1.54) is 17.8 Å². The van der Waals surface area contributed by atoms with Crippen molar-refractivity contribution >= 4 is 29.2 Å². The lowest BCUT2D eigenvalue weighted by molar-refractivity contribution is -0.119. The first kappa shape index (κ1) is 19.1. The zero-order chi connectivity index (χ0) is 17.4. The summed E-state index contributed by atoms with van der Waals surface area (Å²) < 4.78 is 0. The lowest BCUT2D eigenvalue weighted by Gasteiger charge is -2.14. The Kier molecular flexibility index (Phi) is 7.69. The lowest BCUT2D eigenvalue weighted by Crippen LogP contribution is -2.33. The molecule has 1 amide bonds. The number of nitrogens with one attached hydrogen (secondary N) is 1. The van der Waals surface area contributed by atoms with E-state index in [9.17, 15) is 4.79 Å². The van der Waals surface area contributed by atoms with Crippen molar-refractivity contribution in [2.24, 2.45) is 5.92 Å². The number of carbonyl (C=O) groups is 1. The van der Waals surface area contributed by atoms with Crippen molar-refractivity contribution in [3.63, 3.8) is 0 Å². The Labute approximate surface area is 142 Å². The molecule has 7 heteroatoms. The van der Waals surface area contributed by atoms with Crippen molar-refractivity contribution in [1.82, 2.24) is 10.3 Å². The zero-order valence-electron chi connectivity index (χ0n) is 13.9. The number of hydrogen-bond acceptors (Lipinski definition) is 6. The number of nitriles is 1. The van der Waals surface area contributed by atoms with E-state index >= 15 is 0 Å². The number of thioether (sulfide) groups is 1. The summed E-state index contributed by atoms with van der Waals surface area (Å²) in [4.78, 5) is 16.1. The molecule has 0 aliphatic rings. The molecular formula is C16H25N5OS. The average molecular weight is 335 g/mol. The third-order valence-corrected chi connectivity index (χ3v) is 4.29. The summed E-state index contributed by atoms with van der Waals surface area (Å²) in [6.45, 7) is 6.38. The maximum absolute atomic E-state index is 12.0. The summed E-state index contributed by atoms with van der Waals surface area (Å²) in [5.74, 6) is 1.02. The van der Waals surface area contributed by atoms with Gasteiger partial charge in [-0.25, -0.2) is 4.98 Å². The molecule has 0 aliphatic heterocycles. The molecule has 0 saturated heterocycles. The van der Waals surface area contributed by atoms with E-state index in [1.807, 2.05) is 13.0 Å². The standard InChI is InChI=1S/C16H25N5OS/c1-10(2)5-4-6-11(3)20-15(22)9-23-16-12(8-17)13(18)7-14(19)21-16/h7,10-11H,4-6,9H2,1-3H3,(H,20,22)(H4,18,19,21). The SMILES string of the molecule is CC(C)CCCC(C)NC(=O)CSc1nc(N)cc(N)c1C#N. The maximum Gasteiger partial charge on any atom is 0.230 e. The van der Waals surface area contributed by atoms with Crippen molar-refractivity contribution in [2.75, 3.05) is 17.2 Å². The van der Waals surface area contributed by atoms with Crippen LogP contribution in [0, 0.1) is 17.2 Å². The normalized spacial score (nSPS) is 12.0. The number of carbonyl (C=O) groups excluding carboxylic acids is 1. The second kappa shape index (κ2) is 9.26. The van der Waals surface area contributed by atoms with Crippen LogP contribution in [0.1, 0.15) is 45.6 Å². The van der Waals surface area contributed by atoms with Crippen molar-refractivity contribution in [3.05, 3.63) is 11.6 Å². The molecule has 0 radical (unpaired) electrons. The Balaban J connectivity index is 2.49. The fraction of sp³-hybridized carbons (Fsp3) is 0.562. The fourth-order valence-electron chi connectivity index (χ4n) is 2.13. The predicted octanol–water partition coefficient (Wildman–Crippen LogP) is 2.54. The third kappa shape index (κ3) is 6.78. The van der Waals surface area contributed by atoms with Crippen LogP contribution < -0.4 is 16.8 Å². The number of nitrogens with zero attached hydrogens (tertiary/aromatic N) is 2. The number of pyridine rings is 1. The van der Waals surface area contributed by atoms with Crippen LogP contribution in [0.2, 0.25) is 0 Å². The van der Waals surface area contributed by atoms with Crippen molar-refractivity contribution in [2.45, 2.75) is 51.1 Å². The largest absolute Gasteiger partial charge is 0.397 e. The molecule has 1 atom stereocenters. The number of nitrogens with two attached hydrogens (primary N) is 2. The number of anilines is 2. The van der Waals surface area contributed by atoms with Gasteiger partial charge in [-0.2, -0.15) is 5.26 Å². The highest BCUT2D eigenvalue weighted by atomic mass is 32.2. The highest BCUT2D eigenvalue weighted by molar-refractivity contribution is 8.00. The second-order valence-electron chi connectivity index (χ2n) is 6.01. The molecule has 6 nitrogen and oxygen atoms in total. The monoisotopic (exact) mass is 335 g/mol. The molecular weight excluding hydrogens is 310 g/mol. The fourth-order valence-corrected chi connectivity index (χ4v) is 2.96.